The molecule has 0 saturated heterocycles. The Morgan fingerprint density at radius 1 is 1.05 bits per heavy atom. The molecule has 1 saturated carbocycles. The molecule has 0 spiro atoms. The number of aryl methyl sites for hydroxylation is 1. The Kier molecular flexibility index (Phi) is 3.73. The van der Waals surface area contributed by atoms with Crippen LogP contribution < -0.4 is 5.32 Å². The zero-order valence-electron chi connectivity index (χ0n) is 13.1. The van der Waals surface area contributed by atoms with Crippen LogP contribution >= 0.6 is 11.6 Å². The van der Waals surface area contributed by atoms with Gasteiger partial charge in [-0.25, -0.2) is 0 Å². The molecule has 0 aromatic heterocycles. The van der Waals surface area contributed by atoms with Crippen molar-refractivity contribution in [3.63, 3.8) is 0 Å². The lowest BCUT2D eigenvalue weighted by Gasteiger charge is -2.06. The van der Waals surface area contributed by atoms with Gasteiger partial charge in [0.1, 0.15) is 0 Å². The monoisotopic (exact) mass is 313 g/mol. The predicted octanol–water partition coefficient (Wildman–Crippen LogP) is 4.57. The summed E-state index contributed by atoms with van der Waals surface area (Å²) in [7, 11) is 0. The van der Waals surface area contributed by atoms with Crippen molar-refractivity contribution in [1.82, 2.24) is 5.32 Å². The Bertz CT molecular complexity index is 688. The molecule has 2 aromatic carbocycles. The lowest BCUT2D eigenvalue weighted by Crippen LogP contribution is -2.28. The molecule has 1 unspecified atom stereocenters. The van der Waals surface area contributed by atoms with Crippen LogP contribution in [0.2, 0.25) is 5.02 Å². The smallest absolute Gasteiger partial charge is 0.251 e. The van der Waals surface area contributed by atoms with Gasteiger partial charge in [0, 0.05) is 22.5 Å². The first-order chi connectivity index (χ1) is 10.4. The summed E-state index contributed by atoms with van der Waals surface area (Å²) in [6, 6.07) is 15.7. The summed E-state index contributed by atoms with van der Waals surface area (Å²) in [5, 5.41) is 3.91. The highest BCUT2D eigenvalue weighted by molar-refractivity contribution is 6.30. The highest BCUT2D eigenvalue weighted by atomic mass is 35.5. The molecule has 1 N–H and O–H groups in total. The summed E-state index contributed by atoms with van der Waals surface area (Å²) in [4.78, 5) is 12.4. The van der Waals surface area contributed by atoms with Gasteiger partial charge in [0.05, 0.1) is 0 Å². The Hall–Kier alpha value is -1.80. The summed E-state index contributed by atoms with van der Waals surface area (Å²) < 4.78 is 0. The van der Waals surface area contributed by atoms with Crippen LogP contribution in [0.15, 0.2) is 48.5 Å². The summed E-state index contributed by atoms with van der Waals surface area (Å²) in [6.45, 7) is 6.39. The second-order valence-corrected chi connectivity index (χ2v) is 7.10. The van der Waals surface area contributed by atoms with E-state index in [2.05, 4.69) is 19.2 Å². The highest BCUT2D eigenvalue weighted by Gasteiger charge is 2.59. The van der Waals surface area contributed by atoms with Crippen LogP contribution in [-0.4, -0.2) is 11.9 Å². The lowest BCUT2D eigenvalue weighted by atomic mass is 10.0. The minimum atomic E-state index is -0.00506. The van der Waals surface area contributed by atoms with Crippen LogP contribution in [0.1, 0.15) is 41.3 Å². The van der Waals surface area contributed by atoms with E-state index in [0.29, 0.717) is 11.5 Å². The molecule has 2 nitrogen and oxygen atoms in total. The summed E-state index contributed by atoms with van der Waals surface area (Å²) in [6.07, 6.45) is 0. The zero-order chi connectivity index (χ0) is 15.9. The molecule has 3 rings (SSSR count). The van der Waals surface area contributed by atoms with E-state index in [1.807, 2.05) is 55.5 Å². The van der Waals surface area contributed by atoms with Crippen molar-refractivity contribution in [3.05, 3.63) is 70.2 Å². The molecule has 0 aliphatic heterocycles. The summed E-state index contributed by atoms with van der Waals surface area (Å²) in [5.74, 6) is 0.328. The SMILES string of the molecule is Cc1ccc(C(=O)NC2[C@H](c3ccc(Cl)cc3)C2(C)C)cc1. The van der Waals surface area contributed by atoms with Gasteiger partial charge in [0.2, 0.25) is 0 Å². The lowest BCUT2D eigenvalue weighted by molar-refractivity contribution is 0.0946. The van der Waals surface area contributed by atoms with Gasteiger partial charge in [-0.3, -0.25) is 4.79 Å². The summed E-state index contributed by atoms with van der Waals surface area (Å²) >= 11 is 5.95. The number of carbonyl (C=O) groups excluding carboxylic acids is 1. The van der Waals surface area contributed by atoms with E-state index in [1.165, 1.54) is 5.56 Å². The van der Waals surface area contributed by atoms with Crippen molar-refractivity contribution in [2.45, 2.75) is 32.7 Å². The van der Waals surface area contributed by atoms with Gasteiger partial charge < -0.3 is 5.32 Å². The Morgan fingerprint density at radius 2 is 1.64 bits per heavy atom. The van der Waals surface area contributed by atoms with Gasteiger partial charge in [-0.15, -0.1) is 0 Å². The maximum Gasteiger partial charge on any atom is 0.251 e. The molecular formula is C19H20ClNO. The third kappa shape index (κ3) is 2.76. The van der Waals surface area contributed by atoms with E-state index in [9.17, 15) is 4.79 Å². The first kappa shape index (κ1) is 15.1. The fourth-order valence-corrected chi connectivity index (χ4v) is 3.25. The van der Waals surface area contributed by atoms with Crippen molar-refractivity contribution in [2.75, 3.05) is 0 Å². The minimum Gasteiger partial charge on any atom is -0.348 e. The molecule has 2 atom stereocenters. The van der Waals surface area contributed by atoms with Crippen LogP contribution in [0.5, 0.6) is 0 Å². The van der Waals surface area contributed by atoms with Crippen molar-refractivity contribution >= 4 is 17.5 Å². The molecule has 0 heterocycles. The number of benzene rings is 2. The normalized spacial score (nSPS) is 22.2. The highest BCUT2D eigenvalue weighted by Crippen LogP contribution is 2.58. The maximum atomic E-state index is 12.4. The van der Waals surface area contributed by atoms with Crippen molar-refractivity contribution in [2.24, 2.45) is 5.41 Å². The number of rotatable bonds is 3. The number of nitrogens with one attached hydrogen (secondary N) is 1. The van der Waals surface area contributed by atoms with Crippen molar-refractivity contribution in [1.29, 1.82) is 0 Å². The molecule has 1 aliphatic carbocycles. The predicted molar refractivity (Wildman–Crippen MR) is 90.4 cm³/mol. The van der Waals surface area contributed by atoms with E-state index in [-0.39, 0.29) is 17.4 Å². The first-order valence-corrected chi connectivity index (χ1v) is 7.90. The first-order valence-electron chi connectivity index (χ1n) is 7.52. The third-order valence-electron chi connectivity index (χ3n) is 4.66. The molecule has 1 aliphatic rings. The fourth-order valence-electron chi connectivity index (χ4n) is 3.13. The summed E-state index contributed by atoms with van der Waals surface area (Å²) in [5.41, 5.74) is 3.16. The van der Waals surface area contributed by atoms with E-state index in [1.54, 1.807) is 0 Å². The van der Waals surface area contributed by atoms with Crippen molar-refractivity contribution < 1.29 is 4.79 Å². The quantitative estimate of drug-likeness (QED) is 0.883. The van der Waals surface area contributed by atoms with E-state index in [0.717, 1.165) is 10.6 Å². The molecule has 0 bridgehead atoms. The fraction of sp³-hybridized carbons (Fsp3) is 0.316. The molecule has 3 heteroatoms. The molecule has 0 radical (unpaired) electrons. The average Bonchev–Trinajstić information content (AvgIpc) is 3.01. The number of halogens is 1. The molecule has 2 aromatic rings. The molecular weight excluding hydrogens is 294 g/mol. The van der Waals surface area contributed by atoms with Crippen LogP contribution in [0.3, 0.4) is 0 Å². The van der Waals surface area contributed by atoms with Gasteiger partial charge in [0.25, 0.3) is 5.91 Å². The molecule has 1 amide bonds. The van der Waals surface area contributed by atoms with Gasteiger partial charge in [-0.1, -0.05) is 55.3 Å². The molecule has 114 valence electrons. The van der Waals surface area contributed by atoms with E-state index >= 15 is 0 Å². The zero-order valence-corrected chi connectivity index (χ0v) is 13.8. The van der Waals surface area contributed by atoms with E-state index in [4.69, 9.17) is 11.6 Å². The minimum absolute atomic E-state index is 0.00506. The van der Waals surface area contributed by atoms with Crippen molar-refractivity contribution in [3.8, 4) is 0 Å². The molecule has 22 heavy (non-hydrogen) atoms. The number of hydrogen-bond acceptors (Lipinski definition) is 1. The van der Waals surface area contributed by atoms with E-state index < -0.39 is 0 Å². The van der Waals surface area contributed by atoms with Gasteiger partial charge in [-0.05, 0) is 42.2 Å². The number of hydrogen-bond donors (Lipinski definition) is 1. The molecule has 1 fully saturated rings. The second-order valence-electron chi connectivity index (χ2n) is 6.67. The standard InChI is InChI=1S/C19H20ClNO/c1-12-4-6-14(7-5-12)18(22)21-17-16(19(17,2)3)13-8-10-15(20)11-9-13/h4-11,16-17H,1-3H3,(H,21,22)/t16-,17?/m0/s1. The number of carbonyl (C=O) groups is 1. The van der Waals surface area contributed by atoms with Gasteiger partial charge >= 0.3 is 0 Å². The van der Waals surface area contributed by atoms with Crippen LogP contribution in [0, 0.1) is 12.3 Å². The van der Waals surface area contributed by atoms with Gasteiger partial charge in [0.15, 0.2) is 0 Å². The Labute approximate surface area is 136 Å². The third-order valence-corrected chi connectivity index (χ3v) is 4.91. The largest absolute Gasteiger partial charge is 0.348 e. The second kappa shape index (κ2) is 5.44. The number of amides is 1. The topological polar surface area (TPSA) is 29.1 Å². The van der Waals surface area contributed by atoms with Crippen LogP contribution in [-0.2, 0) is 0 Å². The average molecular weight is 314 g/mol. The Balaban J connectivity index is 1.74. The Morgan fingerprint density at radius 3 is 2.23 bits per heavy atom. The van der Waals surface area contributed by atoms with Crippen LogP contribution in [0.4, 0.5) is 0 Å². The van der Waals surface area contributed by atoms with Gasteiger partial charge in [-0.2, -0.15) is 0 Å². The van der Waals surface area contributed by atoms with Crippen LogP contribution in [0.25, 0.3) is 0 Å². The maximum absolute atomic E-state index is 12.4.